The number of carbonyl (C=O) groups excluding carboxylic acids is 1. The summed E-state index contributed by atoms with van der Waals surface area (Å²) in [5.74, 6) is 5.71. The van der Waals surface area contributed by atoms with Crippen LogP contribution in [-0.2, 0) is 10.3 Å². The van der Waals surface area contributed by atoms with Crippen molar-refractivity contribution in [3.05, 3.63) is 69.9 Å². The Kier molecular flexibility index (Phi) is 8.05. The van der Waals surface area contributed by atoms with E-state index in [2.05, 4.69) is 39.6 Å². The van der Waals surface area contributed by atoms with E-state index >= 15 is 0 Å². The van der Waals surface area contributed by atoms with Gasteiger partial charge in [0.1, 0.15) is 17.5 Å². The van der Waals surface area contributed by atoms with E-state index in [1.54, 1.807) is 24.1 Å². The van der Waals surface area contributed by atoms with Gasteiger partial charge >= 0.3 is 0 Å². The Bertz CT molecular complexity index is 1330. The highest BCUT2D eigenvalue weighted by Crippen LogP contribution is 2.44. The van der Waals surface area contributed by atoms with Gasteiger partial charge in [-0.1, -0.05) is 24.1 Å². The molecule has 2 aromatic carbocycles. The summed E-state index contributed by atoms with van der Waals surface area (Å²) in [6.45, 7) is 3.74. The number of guanidine groups is 1. The van der Waals surface area contributed by atoms with E-state index in [1.807, 2.05) is 52.2 Å². The highest BCUT2D eigenvalue weighted by molar-refractivity contribution is 7.10. The second kappa shape index (κ2) is 11.0. The number of carbonyl (C=O) groups is 1. The summed E-state index contributed by atoms with van der Waals surface area (Å²) in [6, 6.07) is 15.5. The van der Waals surface area contributed by atoms with Crippen molar-refractivity contribution in [2.75, 3.05) is 26.9 Å². The fraction of sp³-hybridized carbons (Fsp3) is 0.259. The largest absolute Gasteiger partial charge is 0.397 e. The molecule has 3 aromatic rings. The molecule has 0 spiro atoms. The highest BCUT2D eigenvalue weighted by atomic mass is 32.1. The van der Waals surface area contributed by atoms with Gasteiger partial charge in [-0.3, -0.25) is 0 Å². The summed E-state index contributed by atoms with van der Waals surface area (Å²) in [5.41, 5.74) is 16.2. The first-order valence-electron chi connectivity index (χ1n) is 11.0. The van der Waals surface area contributed by atoms with Crippen molar-refractivity contribution in [1.82, 2.24) is 4.90 Å². The quantitative estimate of drug-likeness (QED) is 0.120. The van der Waals surface area contributed by atoms with Crippen molar-refractivity contribution in [2.45, 2.75) is 25.3 Å². The predicted octanol–water partition coefficient (Wildman–Crippen LogP) is 5.16. The molecule has 1 aromatic heterocycles. The second-order valence-corrected chi connectivity index (χ2v) is 9.31. The standard InChI is InChI=1S/C27H30N6OS/c1-6-8-18-9-7-10-19(13-18)21-15-25(35-17-21)27(2,31-26(29)33(4)5)22(16-34)20-11-12-24(32-30-3)23(28)14-20/h7,9-17,22H,28H2,1-5H3,(H2,29,31). The molecule has 1 heterocycles. The molecule has 35 heavy (non-hydrogen) atoms. The van der Waals surface area contributed by atoms with Crippen molar-refractivity contribution in [3.63, 3.8) is 0 Å². The maximum Gasteiger partial charge on any atom is 0.191 e. The number of nitrogens with two attached hydrogens (primary N) is 2. The number of azo groups is 1. The Hall–Kier alpha value is -3.96. The van der Waals surface area contributed by atoms with Crippen LogP contribution >= 0.6 is 11.3 Å². The minimum absolute atomic E-state index is 0.318. The number of aliphatic imine (C=N–C) groups is 1. The van der Waals surface area contributed by atoms with E-state index in [4.69, 9.17) is 16.5 Å². The topological polar surface area (TPSA) is 109 Å². The van der Waals surface area contributed by atoms with E-state index in [-0.39, 0.29) is 0 Å². The van der Waals surface area contributed by atoms with Crippen LogP contribution in [0.25, 0.3) is 11.1 Å². The Balaban J connectivity index is 2.15. The Morgan fingerprint density at radius 1 is 1.17 bits per heavy atom. The average molecular weight is 487 g/mol. The zero-order chi connectivity index (χ0) is 25.6. The minimum atomic E-state index is -0.972. The van der Waals surface area contributed by atoms with Crippen LogP contribution in [0.2, 0.25) is 0 Å². The second-order valence-electron chi connectivity index (χ2n) is 8.40. The lowest BCUT2D eigenvalue weighted by Crippen LogP contribution is -2.37. The number of anilines is 1. The first kappa shape index (κ1) is 25.7. The summed E-state index contributed by atoms with van der Waals surface area (Å²) < 4.78 is 0. The normalized spacial score (nSPS) is 14.1. The zero-order valence-electron chi connectivity index (χ0n) is 20.6. The third kappa shape index (κ3) is 5.58. The number of hydrogen-bond donors (Lipinski definition) is 2. The van der Waals surface area contributed by atoms with Gasteiger partial charge in [-0.15, -0.1) is 17.3 Å². The molecule has 0 aliphatic carbocycles. The number of benzene rings is 2. The van der Waals surface area contributed by atoms with Gasteiger partial charge in [0.05, 0.1) is 11.6 Å². The highest BCUT2D eigenvalue weighted by Gasteiger charge is 2.39. The summed E-state index contributed by atoms with van der Waals surface area (Å²) in [7, 11) is 5.21. The molecule has 0 aliphatic heterocycles. The first-order chi connectivity index (χ1) is 16.7. The molecule has 8 heteroatoms. The van der Waals surface area contributed by atoms with E-state index in [9.17, 15) is 4.79 Å². The molecule has 0 fully saturated rings. The summed E-state index contributed by atoms with van der Waals surface area (Å²) in [6.07, 6.45) is 0.902. The fourth-order valence-corrected chi connectivity index (χ4v) is 4.85. The number of thiophene rings is 1. The fourth-order valence-electron chi connectivity index (χ4n) is 3.79. The summed E-state index contributed by atoms with van der Waals surface area (Å²) in [5, 5.41) is 9.89. The van der Waals surface area contributed by atoms with Gasteiger partial charge in [-0.2, -0.15) is 10.2 Å². The molecule has 0 amide bonds. The molecule has 180 valence electrons. The van der Waals surface area contributed by atoms with Crippen molar-refractivity contribution >= 4 is 35.0 Å². The van der Waals surface area contributed by atoms with Crippen molar-refractivity contribution in [1.29, 1.82) is 0 Å². The Morgan fingerprint density at radius 3 is 2.57 bits per heavy atom. The van der Waals surface area contributed by atoms with Crippen LogP contribution in [0.1, 0.15) is 35.8 Å². The molecule has 7 nitrogen and oxygen atoms in total. The van der Waals surface area contributed by atoms with Crippen LogP contribution in [-0.4, -0.2) is 38.3 Å². The Labute approximate surface area is 210 Å². The molecule has 2 atom stereocenters. The number of rotatable bonds is 7. The van der Waals surface area contributed by atoms with Crippen molar-refractivity contribution in [2.24, 2.45) is 21.0 Å². The number of nitrogens with zero attached hydrogens (tertiary/aromatic N) is 4. The lowest BCUT2D eigenvalue weighted by Gasteiger charge is -2.32. The average Bonchev–Trinajstić information content (AvgIpc) is 3.33. The van der Waals surface area contributed by atoms with E-state index in [0.717, 1.165) is 33.4 Å². The van der Waals surface area contributed by atoms with Crippen LogP contribution in [0, 0.1) is 11.8 Å². The van der Waals surface area contributed by atoms with E-state index in [0.29, 0.717) is 17.3 Å². The maximum absolute atomic E-state index is 12.6. The molecule has 0 bridgehead atoms. The van der Waals surface area contributed by atoms with Gasteiger partial charge in [0.2, 0.25) is 0 Å². The number of aldehydes is 1. The van der Waals surface area contributed by atoms with Crippen LogP contribution in [0.3, 0.4) is 0 Å². The maximum atomic E-state index is 12.6. The smallest absolute Gasteiger partial charge is 0.191 e. The number of nitrogen functional groups attached to an aromatic ring is 1. The molecule has 4 N–H and O–H groups in total. The minimum Gasteiger partial charge on any atom is -0.397 e. The van der Waals surface area contributed by atoms with Gasteiger partial charge in [0, 0.05) is 31.6 Å². The van der Waals surface area contributed by atoms with Crippen molar-refractivity contribution < 1.29 is 4.79 Å². The van der Waals surface area contributed by atoms with Gasteiger partial charge < -0.3 is 21.2 Å². The number of hydrogen-bond acceptors (Lipinski definition) is 6. The van der Waals surface area contributed by atoms with Gasteiger partial charge in [0.15, 0.2) is 5.96 Å². The SMILES string of the molecule is CC#Cc1cccc(-c2csc(C(C)(N=C(N)N(C)C)C(C=O)c3ccc(N=NC)c(N)c3)c2)c1. The van der Waals surface area contributed by atoms with E-state index < -0.39 is 11.5 Å². The third-order valence-corrected chi connectivity index (χ3v) is 6.89. The molecule has 3 rings (SSSR count). The zero-order valence-corrected chi connectivity index (χ0v) is 21.4. The molecule has 0 radical (unpaired) electrons. The van der Waals surface area contributed by atoms with Crippen LogP contribution in [0.4, 0.5) is 11.4 Å². The lowest BCUT2D eigenvalue weighted by atomic mass is 9.80. The molecule has 0 saturated carbocycles. The molecule has 0 aliphatic rings. The molecule has 2 unspecified atom stereocenters. The van der Waals surface area contributed by atoms with Gasteiger partial charge in [-0.25, -0.2) is 4.99 Å². The third-order valence-electron chi connectivity index (χ3n) is 5.73. The van der Waals surface area contributed by atoms with Gasteiger partial charge in [-0.05, 0) is 66.2 Å². The van der Waals surface area contributed by atoms with Gasteiger partial charge in [0.25, 0.3) is 0 Å². The Morgan fingerprint density at radius 2 is 1.94 bits per heavy atom. The first-order valence-corrected chi connectivity index (χ1v) is 11.9. The molecular formula is C27H30N6OS. The molecular weight excluding hydrogens is 456 g/mol. The lowest BCUT2D eigenvalue weighted by molar-refractivity contribution is -0.110. The summed E-state index contributed by atoms with van der Waals surface area (Å²) >= 11 is 1.54. The van der Waals surface area contributed by atoms with Crippen LogP contribution in [0.15, 0.2) is 69.1 Å². The summed E-state index contributed by atoms with van der Waals surface area (Å²) in [4.78, 5) is 20.1. The predicted molar refractivity (Wildman–Crippen MR) is 145 cm³/mol. The van der Waals surface area contributed by atoms with E-state index in [1.165, 1.54) is 11.3 Å². The van der Waals surface area contributed by atoms with Crippen LogP contribution < -0.4 is 11.5 Å². The van der Waals surface area contributed by atoms with Crippen LogP contribution in [0.5, 0.6) is 0 Å². The molecule has 0 saturated heterocycles. The monoisotopic (exact) mass is 486 g/mol. The van der Waals surface area contributed by atoms with Crippen molar-refractivity contribution in [3.8, 4) is 23.0 Å².